The Labute approximate surface area is 198 Å². The minimum absolute atomic E-state index is 0. The average Bonchev–Trinajstić information content (AvgIpc) is 2.74. The second-order valence-corrected chi connectivity index (χ2v) is 8.69. The van der Waals surface area contributed by atoms with E-state index in [0.29, 0.717) is 0 Å². The number of aryl methyl sites for hydroxylation is 1. The Kier molecular flexibility index (Phi) is 24.3. The molecule has 1 rings (SSSR count). The van der Waals surface area contributed by atoms with Crippen LogP contribution in [0, 0.1) is 0 Å². The number of unbranched alkanes of at least 4 members (excludes halogenated alkanes) is 13. The highest BCUT2D eigenvalue weighted by molar-refractivity contribution is 5.72. The number of hydrogen-bond donors (Lipinski definition) is 1. The van der Waals surface area contributed by atoms with Gasteiger partial charge in [-0.05, 0) is 27.4 Å². The second kappa shape index (κ2) is 23.5. The van der Waals surface area contributed by atoms with Gasteiger partial charge in [0.15, 0.2) is 12.4 Å². The molecule has 1 aromatic rings. The molecule has 0 aliphatic carbocycles. The topological polar surface area (TPSA) is 44.4 Å². The number of pyridine rings is 1. The van der Waals surface area contributed by atoms with Gasteiger partial charge in [0.05, 0.1) is 0 Å². The minimum atomic E-state index is -0.782. The van der Waals surface area contributed by atoms with Gasteiger partial charge >= 0.3 is 5.97 Å². The van der Waals surface area contributed by atoms with Crippen molar-refractivity contribution in [1.29, 1.82) is 0 Å². The quantitative estimate of drug-likeness (QED) is 0.288. The van der Waals surface area contributed by atoms with Gasteiger partial charge in [0.2, 0.25) is 0 Å². The summed E-state index contributed by atoms with van der Waals surface area (Å²) in [6.45, 7) is 5.11. The predicted molar refractivity (Wildman–Crippen MR) is 128 cm³/mol. The smallest absolute Gasteiger partial charge is 0.320 e. The summed E-state index contributed by atoms with van der Waals surface area (Å²) in [7, 11) is 3.47. The molecule has 4 nitrogen and oxygen atoms in total. The molecule has 1 heterocycles. The van der Waals surface area contributed by atoms with Crippen molar-refractivity contribution in [2.24, 2.45) is 0 Å². The molecule has 0 aromatic carbocycles. The molecule has 0 aliphatic heterocycles. The molecular formula is C26H49ClN2O2. The normalized spacial score (nSPS) is 11.4. The SMILES string of the molecule is CC(C(=O)O)N(C)C.CCCCCCCCCCCCCCCC[n+]1ccccc1.[Cl-]. The lowest BCUT2D eigenvalue weighted by molar-refractivity contribution is -0.697. The molecule has 5 heteroatoms. The first-order valence-corrected chi connectivity index (χ1v) is 12.3. The standard InChI is InChI=1S/C21H38N.C5H11NO2.ClH/c1-2-3-4-5-6-7-8-9-10-11-12-13-14-16-19-22-20-17-15-18-21-22;1-4(5(7)8)6(2)3;/h15,17-18,20-21H,2-14,16,19H2,1H3;4H,1-3H3,(H,7,8);1H/q+1;;/p-1. The first-order valence-electron chi connectivity index (χ1n) is 12.3. The van der Waals surface area contributed by atoms with Gasteiger partial charge in [-0.1, -0.05) is 90.0 Å². The summed E-state index contributed by atoms with van der Waals surface area (Å²) in [5.41, 5.74) is 0. The number of carbonyl (C=O) groups is 1. The number of halogens is 1. The van der Waals surface area contributed by atoms with Crippen molar-refractivity contribution in [3.05, 3.63) is 30.6 Å². The van der Waals surface area contributed by atoms with E-state index < -0.39 is 5.97 Å². The Hall–Kier alpha value is -1.13. The third kappa shape index (κ3) is 21.9. The third-order valence-corrected chi connectivity index (χ3v) is 5.68. The summed E-state index contributed by atoms with van der Waals surface area (Å²) in [6, 6.07) is 5.94. The van der Waals surface area contributed by atoms with Crippen molar-refractivity contribution < 1.29 is 26.9 Å². The van der Waals surface area contributed by atoms with Crippen molar-refractivity contribution in [3.8, 4) is 0 Å². The fourth-order valence-electron chi connectivity index (χ4n) is 3.29. The summed E-state index contributed by atoms with van der Waals surface area (Å²) in [5, 5.41) is 8.31. The highest BCUT2D eigenvalue weighted by atomic mass is 35.5. The van der Waals surface area contributed by atoms with Gasteiger partial charge in [-0.2, -0.15) is 0 Å². The van der Waals surface area contributed by atoms with Crippen LogP contribution in [0.5, 0.6) is 0 Å². The highest BCUT2D eigenvalue weighted by Gasteiger charge is 2.11. The maximum Gasteiger partial charge on any atom is 0.320 e. The number of nitrogens with zero attached hydrogens (tertiary/aromatic N) is 2. The van der Waals surface area contributed by atoms with E-state index >= 15 is 0 Å². The Morgan fingerprint density at radius 2 is 1.16 bits per heavy atom. The molecule has 182 valence electrons. The van der Waals surface area contributed by atoms with Crippen LogP contribution >= 0.6 is 0 Å². The Bertz CT molecular complexity index is 497. The molecule has 0 radical (unpaired) electrons. The van der Waals surface area contributed by atoms with Crippen molar-refractivity contribution in [3.63, 3.8) is 0 Å². The number of hydrogen-bond acceptors (Lipinski definition) is 2. The van der Waals surface area contributed by atoms with Crippen LogP contribution in [-0.4, -0.2) is 36.1 Å². The van der Waals surface area contributed by atoms with Gasteiger partial charge < -0.3 is 17.5 Å². The van der Waals surface area contributed by atoms with Gasteiger partial charge in [0.1, 0.15) is 12.6 Å². The molecule has 0 amide bonds. The predicted octanol–water partition coefficient (Wildman–Crippen LogP) is 3.48. The van der Waals surface area contributed by atoms with E-state index in [1.807, 2.05) is 0 Å². The van der Waals surface area contributed by atoms with Crippen LogP contribution in [0.25, 0.3) is 0 Å². The van der Waals surface area contributed by atoms with Gasteiger partial charge in [0, 0.05) is 18.6 Å². The molecule has 1 aromatic heterocycles. The minimum Gasteiger partial charge on any atom is -1.00 e. The Balaban J connectivity index is 0. The van der Waals surface area contributed by atoms with Gasteiger partial charge in [-0.25, -0.2) is 4.57 Å². The van der Waals surface area contributed by atoms with Gasteiger partial charge in [-0.3, -0.25) is 9.69 Å². The molecule has 0 aliphatic rings. The lowest BCUT2D eigenvalue weighted by Gasteiger charge is -2.13. The molecule has 0 saturated heterocycles. The first-order chi connectivity index (χ1) is 14.5. The maximum atomic E-state index is 10.1. The molecule has 0 spiro atoms. The van der Waals surface area contributed by atoms with E-state index in [4.69, 9.17) is 5.11 Å². The van der Waals surface area contributed by atoms with Crippen LogP contribution in [-0.2, 0) is 11.3 Å². The number of carboxylic acid groups (broad SMARTS) is 1. The summed E-state index contributed by atoms with van der Waals surface area (Å²) in [4.78, 5) is 11.7. The molecule has 1 atom stereocenters. The fraction of sp³-hybridized carbons (Fsp3) is 0.769. The zero-order valence-electron chi connectivity index (χ0n) is 20.7. The van der Waals surface area contributed by atoms with Crippen LogP contribution in [0.1, 0.15) is 104 Å². The molecule has 1 unspecified atom stereocenters. The zero-order chi connectivity index (χ0) is 22.5. The zero-order valence-corrected chi connectivity index (χ0v) is 21.5. The van der Waals surface area contributed by atoms with Gasteiger partial charge in [-0.15, -0.1) is 0 Å². The van der Waals surface area contributed by atoms with Crippen molar-refractivity contribution in [2.75, 3.05) is 14.1 Å². The van der Waals surface area contributed by atoms with E-state index in [-0.39, 0.29) is 18.4 Å². The summed E-state index contributed by atoms with van der Waals surface area (Å²) in [5.74, 6) is -0.782. The molecule has 31 heavy (non-hydrogen) atoms. The van der Waals surface area contributed by atoms with Gasteiger partial charge in [0.25, 0.3) is 0 Å². The lowest BCUT2D eigenvalue weighted by Crippen LogP contribution is -3.00. The van der Waals surface area contributed by atoms with E-state index in [1.165, 1.54) is 96.4 Å². The first kappa shape index (κ1) is 32.1. The summed E-state index contributed by atoms with van der Waals surface area (Å²) in [6.07, 6.45) is 24.4. The molecule has 0 fully saturated rings. The summed E-state index contributed by atoms with van der Waals surface area (Å²) >= 11 is 0. The monoisotopic (exact) mass is 456 g/mol. The maximum absolute atomic E-state index is 10.1. The average molecular weight is 457 g/mol. The van der Waals surface area contributed by atoms with Crippen LogP contribution in [0.2, 0.25) is 0 Å². The molecule has 0 bridgehead atoms. The van der Waals surface area contributed by atoms with E-state index in [0.717, 1.165) is 0 Å². The number of carboxylic acids is 1. The number of aliphatic carboxylic acids is 1. The van der Waals surface area contributed by atoms with E-state index in [9.17, 15) is 4.79 Å². The van der Waals surface area contributed by atoms with Crippen molar-refractivity contribution >= 4 is 5.97 Å². The molecule has 0 saturated carbocycles. The molecular weight excluding hydrogens is 408 g/mol. The second-order valence-electron chi connectivity index (χ2n) is 8.69. The van der Waals surface area contributed by atoms with Crippen LogP contribution < -0.4 is 17.0 Å². The number of rotatable bonds is 17. The van der Waals surface area contributed by atoms with E-state index in [2.05, 4.69) is 42.1 Å². The largest absolute Gasteiger partial charge is 1.00 e. The lowest BCUT2D eigenvalue weighted by atomic mass is 10.0. The Morgan fingerprint density at radius 3 is 1.48 bits per heavy atom. The van der Waals surface area contributed by atoms with Crippen LogP contribution in [0.3, 0.4) is 0 Å². The molecule has 1 N–H and O–H groups in total. The Morgan fingerprint density at radius 1 is 0.774 bits per heavy atom. The van der Waals surface area contributed by atoms with Crippen LogP contribution in [0.4, 0.5) is 0 Å². The fourth-order valence-corrected chi connectivity index (χ4v) is 3.29. The van der Waals surface area contributed by atoms with Crippen molar-refractivity contribution in [1.82, 2.24) is 4.90 Å². The number of likely N-dealkylation sites (N-methyl/N-ethyl adjacent to an activating group) is 1. The van der Waals surface area contributed by atoms with Crippen molar-refractivity contribution in [2.45, 2.75) is 116 Å². The van der Waals surface area contributed by atoms with E-state index in [1.54, 1.807) is 25.9 Å². The third-order valence-electron chi connectivity index (χ3n) is 5.68. The van der Waals surface area contributed by atoms with Crippen LogP contribution in [0.15, 0.2) is 30.6 Å². The highest BCUT2D eigenvalue weighted by Crippen LogP contribution is 2.12. The summed E-state index contributed by atoms with van der Waals surface area (Å²) < 4.78 is 2.29. The number of aromatic nitrogens is 1.